The first-order valence-electron chi connectivity index (χ1n) is 10.6. The second kappa shape index (κ2) is 9.11. The maximum absolute atomic E-state index is 12.6. The molecule has 2 atom stereocenters. The van der Waals surface area contributed by atoms with Gasteiger partial charge < -0.3 is 14.2 Å². The molecule has 2 unspecified atom stereocenters. The number of rotatable bonds is 8. The van der Waals surface area contributed by atoms with E-state index < -0.39 is 0 Å². The third-order valence-electron chi connectivity index (χ3n) is 5.58. The van der Waals surface area contributed by atoms with Crippen molar-refractivity contribution in [3.05, 3.63) is 66.0 Å². The Morgan fingerprint density at radius 3 is 2.67 bits per heavy atom. The van der Waals surface area contributed by atoms with Crippen LogP contribution in [0.3, 0.4) is 0 Å². The molecule has 0 N–H and O–H groups in total. The average Bonchev–Trinajstić information content (AvgIpc) is 3.42. The number of unbranched alkanes of at least 4 members (excludes halogenated alkanes) is 1. The molecule has 2 heterocycles. The number of likely N-dealkylation sites (tertiary alicyclic amines) is 1. The van der Waals surface area contributed by atoms with E-state index in [2.05, 4.69) is 24.0 Å². The van der Waals surface area contributed by atoms with E-state index in [1.807, 2.05) is 59.5 Å². The third-order valence-corrected chi connectivity index (χ3v) is 5.58. The second-order valence-electron chi connectivity index (χ2n) is 7.72. The molecule has 4 rings (SSSR count). The Morgan fingerprint density at radius 1 is 1.17 bits per heavy atom. The number of amides is 1. The minimum absolute atomic E-state index is 0.0234. The molecular formula is C24H27N3O3. The molecule has 2 aromatic carbocycles. The summed E-state index contributed by atoms with van der Waals surface area (Å²) in [7, 11) is 0. The van der Waals surface area contributed by atoms with E-state index in [4.69, 9.17) is 9.26 Å². The van der Waals surface area contributed by atoms with Crippen molar-refractivity contribution in [1.82, 2.24) is 15.0 Å². The summed E-state index contributed by atoms with van der Waals surface area (Å²) in [5.41, 5.74) is 1.97. The van der Waals surface area contributed by atoms with Gasteiger partial charge in [0.1, 0.15) is 5.75 Å². The van der Waals surface area contributed by atoms with Crippen LogP contribution in [-0.4, -0.2) is 34.1 Å². The maximum Gasteiger partial charge on any atom is 0.257 e. The number of ether oxygens (including phenoxy) is 1. The van der Waals surface area contributed by atoms with Gasteiger partial charge >= 0.3 is 0 Å². The van der Waals surface area contributed by atoms with Crippen LogP contribution < -0.4 is 4.74 Å². The molecule has 6 heteroatoms. The van der Waals surface area contributed by atoms with Gasteiger partial charge in [0.25, 0.3) is 5.89 Å². The zero-order chi connectivity index (χ0) is 20.9. The molecule has 1 saturated heterocycles. The van der Waals surface area contributed by atoms with Crippen LogP contribution in [0.2, 0.25) is 0 Å². The van der Waals surface area contributed by atoms with Crippen molar-refractivity contribution < 1.29 is 14.1 Å². The molecule has 0 spiro atoms. The van der Waals surface area contributed by atoms with Crippen LogP contribution in [0.1, 0.15) is 56.5 Å². The SMILES string of the molecule is CCCCOc1ccc(-c2nc(C3CC(=O)N(C(C)c4ccccc4)C3)no2)cc1. The molecular weight excluding hydrogens is 378 g/mol. The average molecular weight is 405 g/mol. The predicted molar refractivity (Wildman–Crippen MR) is 114 cm³/mol. The molecule has 156 valence electrons. The minimum Gasteiger partial charge on any atom is -0.494 e. The second-order valence-corrected chi connectivity index (χ2v) is 7.72. The number of carbonyl (C=O) groups excluding carboxylic acids is 1. The Morgan fingerprint density at radius 2 is 1.93 bits per heavy atom. The molecule has 1 aromatic heterocycles. The largest absolute Gasteiger partial charge is 0.494 e. The highest BCUT2D eigenvalue weighted by molar-refractivity contribution is 5.80. The topological polar surface area (TPSA) is 68.5 Å². The van der Waals surface area contributed by atoms with E-state index in [0.29, 0.717) is 31.3 Å². The summed E-state index contributed by atoms with van der Waals surface area (Å²) in [6.45, 7) is 5.51. The van der Waals surface area contributed by atoms with Gasteiger partial charge in [0.2, 0.25) is 5.91 Å². The standard InChI is InChI=1S/C24H27N3O3/c1-3-4-14-29-21-12-10-19(11-13-21)24-25-23(26-30-24)20-15-22(28)27(16-20)17(2)18-8-6-5-7-9-18/h5-13,17,20H,3-4,14-16H2,1-2H3. The third kappa shape index (κ3) is 4.37. The first-order chi connectivity index (χ1) is 14.7. The van der Waals surface area contributed by atoms with E-state index in [9.17, 15) is 4.79 Å². The van der Waals surface area contributed by atoms with Gasteiger partial charge in [0.05, 0.1) is 12.6 Å². The lowest BCUT2D eigenvalue weighted by Crippen LogP contribution is -2.28. The molecule has 1 aliphatic heterocycles. The molecule has 6 nitrogen and oxygen atoms in total. The van der Waals surface area contributed by atoms with E-state index in [1.54, 1.807) is 0 Å². The van der Waals surface area contributed by atoms with Gasteiger partial charge in [-0.3, -0.25) is 4.79 Å². The van der Waals surface area contributed by atoms with Gasteiger partial charge in [0, 0.05) is 24.4 Å². The predicted octanol–water partition coefficient (Wildman–Crippen LogP) is 4.99. The van der Waals surface area contributed by atoms with Gasteiger partial charge in [-0.15, -0.1) is 0 Å². The molecule has 0 radical (unpaired) electrons. The van der Waals surface area contributed by atoms with E-state index >= 15 is 0 Å². The first kappa shape index (κ1) is 20.1. The Labute approximate surface area is 176 Å². The van der Waals surface area contributed by atoms with Crippen molar-refractivity contribution in [2.45, 2.75) is 45.1 Å². The Kier molecular flexibility index (Phi) is 6.12. The summed E-state index contributed by atoms with van der Waals surface area (Å²) in [6, 6.07) is 17.8. The molecule has 0 saturated carbocycles. The molecule has 0 bridgehead atoms. The van der Waals surface area contributed by atoms with E-state index in [0.717, 1.165) is 29.7 Å². The maximum atomic E-state index is 12.6. The molecule has 1 aliphatic rings. The van der Waals surface area contributed by atoms with Crippen molar-refractivity contribution >= 4 is 5.91 Å². The number of aromatic nitrogens is 2. The summed E-state index contributed by atoms with van der Waals surface area (Å²) < 4.78 is 11.2. The minimum atomic E-state index is -0.0576. The number of carbonyl (C=O) groups is 1. The summed E-state index contributed by atoms with van der Waals surface area (Å²) in [4.78, 5) is 19.1. The summed E-state index contributed by atoms with van der Waals surface area (Å²) in [5.74, 6) is 1.95. The van der Waals surface area contributed by atoms with Gasteiger partial charge in [-0.25, -0.2) is 0 Å². The van der Waals surface area contributed by atoms with Gasteiger partial charge in [-0.05, 0) is 43.2 Å². The van der Waals surface area contributed by atoms with Crippen LogP contribution in [0.25, 0.3) is 11.5 Å². The zero-order valence-corrected chi connectivity index (χ0v) is 17.5. The number of nitrogens with zero attached hydrogens (tertiary/aromatic N) is 3. The normalized spacial score (nSPS) is 17.3. The molecule has 30 heavy (non-hydrogen) atoms. The Balaban J connectivity index is 1.42. The quantitative estimate of drug-likeness (QED) is 0.494. The van der Waals surface area contributed by atoms with Crippen LogP contribution in [0, 0.1) is 0 Å². The molecule has 0 aliphatic carbocycles. The summed E-state index contributed by atoms with van der Waals surface area (Å²) in [6.07, 6.45) is 2.54. The van der Waals surface area contributed by atoms with Crippen molar-refractivity contribution in [2.75, 3.05) is 13.2 Å². The van der Waals surface area contributed by atoms with Gasteiger partial charge in [-0.1, -0.05) is 48.8 Å². The highest BCUT2D eigenvalue weighted by Gasteiger charge is 2.36. The van der Waals surface area contributed by atoms with Gasteiger partial charge in [-0.2, -0.15) is 4.98 Å². The molecule has 3 aromatic rings. The van der Waals surface area contributed by atoms with Crippen molar-refractivity contribution in [3.8, 4) is 17.2 Å². The number of hydrogen-bond donors (Lipinski definition) is 0. The molecule has 1 fully saturated rings. The van der Waals surface area contributed by atoms with Gasteiger partial charge in [0.15, 0.2) is 5.82 Å². The lowest BCUT2D eigenvalue weighted by molar-refractivity contribution is -0.129. The van der Waals surface area contributed by atoms with Crippen LogP contribution in [0.15, 0.2) is 59.1 Å². The highest BCUT2D eigenvalue weighted by Crippen LogP contribution is 2.33. The lowest BCUT2D eigenvalue weighted by Gasteiger charge is -2.25. The van der Waals surface area contributed by atoms with Crippen molar-refractivity contribution in [3.63, 3.8) is 0 Å². The Bertz CT molecular complexity index is 969. The van der Waals surface area contributed by atoms with Crippen molar-refractivity contribution in [2.24, 2.45) is 0 Å². The summed E-state index contributed by atoms with van der Waals surface area (Å²) >= 11 is 0. The number of hydrogen-bond acceptors (Lipinski definition) is 5. The van der Waals surface area contributed by atoms with E-state index in [-0.39, 0.29) is 17.9 Å². The van der Waals surface area contributed by atoms with E-state index in [1.165, 1.54) is 0 Å². The number of benzene rings is 2. The van der Waals surface area contributed by atoms with Crippen molar-refractivity contribution in [1.29, 1.82) is 0 Å². The lowest BCUT2D eigenvalue weighted by atomic mass is 10.1. The smallest absolute Gasteiger partial charge is 0.257 e. The fourth-order valence-corrected chi connectivity index (χ4v) is 3.74. The van der Waals surface area contributed by atoms with Crippen LogP contribution in [0.5, 0.6) is 5.75 Å². The van der Waals surface area contributed by atoms with Crippen LogP contribution in [-0.2, 0) is 4.79 Å². The zero-order valence-electron chi connectivity index (χ0n) is 17.5. The van der Waals surface area contributed by atoms with Crippen LogP contribution in [0.4, 0.5) is 0 Å². The fraction of sp³-hybridized carbons (Fsp3) is 0.375. The summed E-state index contributed by atoms with van der Waals surface area (Å²) in [5, 5.41) is 4.16. The highest BCUT2D eigenvalue weighted by atomic mass is 16.5. The fourth-order valence-electron chi connectivity index (χ4n) is 3.74. The first-order valence-corrected chi connectivity index (χ1v) is 10.6. The van der Waals surface area contributed by atoms with Crippen LogP contribution >= 0.6 is 0 Å². The Hall–Kier alpha value is -3.15. The molecule has 1 amide bonds. The monoisotopic (exact) mass is 405 g/mol.